The second kappa shape index (κ2) is 5.85. The summed E-state index contributed by atoms with van der Waals surface area (Å²) in [7, 11) is 0. The third-order valence-electron chi connectivity index (χ3n) is 3.99. The molecule has 0 unspecified atom stereocenters. The maximum atomic E-state index is 10.9. The number of hydrogen-bond acceptors (Lipinski definition) is 5. The van der Waals surface area contributed by atoms with E-state index < -0.39 is 5.97 Å². The van der Waals surface area contributed by atoms with E-state index in [1.807, 2.05) is 6.07 Å². The minimum atomic E-state index is -0.648. The summed E-state index contributed by atoms with van der Waals surface area (Å²) in [5.74, 6) is -0.796. The first-order chi connectivity index (χ1) is 9.72. The smallest absolute Gasteiger partial charge is 0.306 e. The van der Waals surface area contributed by atoms with Gasteiger partial charge in [-0.05, 0) is 43.4 Å². The Hall–Kier alpha value is -1.53. The molecule has 3 rings (SSSR count). The quantitative estimate of drug-likeness (QED) is 0.905. The van der Waals surface area contributed by atoms with Gasteiger partial charge in [-0.2, -0.15) is 8.75 Å². The maximum Gasteiger partial charge on any atom is 0.306 e. The fraction of sp³-hybridized carbons (Fsp3) is 0.500. The van der Waals surface area contributed by atoms with E-state index >= 15 is 0 Å². The van der Waals surface area contributed by atoms with Gasteiger partial charge in [0, 0.05) is 12.6 Å². The zero-order valence-electron chi connectivity index (χ0n) is 11.1. The minimum Gasteiger partial charge on any atom is -0.481 e. The molecule has 1 aliphatic rings. The first-order valence-corrected chi connectivity index (χ1v) is 7.63. The lowest BCUT2D eigenvalue weighted by atomic mass is 9.86. The Morgan fingerprint density at radius 1 is 1.25 bits per heavy atom. The summed E-state index contributed by atoms with van der Waals surface area (Å²) < 4.78 is 8.43. The van der Waals surface area contributed by atoms with E-state index in [0.717, 1.165) is 43.3 Å². The van der Waals surface area contributed by atoms with E-state index in [1.54, 1.807) is 0 Å². The molecule has 0 amide bonds. The number of nitrogens with zero attached hydrogens (tertiary/aromatic N) is 2. The summed E-state index contributed by atoms with van der Waals surface area (Å²) in [6.07, 6.45) is 3.44. The molecule has 1 heterocycles. The molecule has 5 nitrogen and oxygen atoms in total. The van der Waals surface area contributed by atoms with Gasteiger partial charge in [-0.25, -0.2) is 0 Å². The second-order valence-electron chi connectivity index (χ2n) is 5.35. The average molecular weight is 291 g/mol. The van der Waals surface area contributed by atoms with Gasteiger partial charge in [0.05, 0.1) is 17.6 Å². The standard InChI is InChI=1S/C14H17N3O2S/c18-14(19)10-2-4-11(5-3-10)15-8-9-1-6-12-13(7-9)17-20-16-12/h1,6-7,10-11,15H,2-5,8H2,(H,18,19). The van der Waals surface area contributed by atoms with Crippen molar-refractivity contribution in [1.82, 2.24) is 14.1 Å². The Balaban J connectivity index is 1.53. The summed E-state index contributed by atoms with van der Waals surface area (Å²) in [6.45, 7) is 0.801. The van der Waals surface area contributed by atoms with E-state index in [1.165, 1.54) is 17.3 Å². The Morgan fingerprint density at radius 2 is 2.00 bits per heavy atom. The Labute approximate surface area is 121 Å². The summed E-state index contributed by atoms with van der Waals surface area (Å²) >= 11 is 1.23. The summed E-state index contributed by atoms with van der Waals surface area (Å²) in [5, 5.41) is 12.5. The molecule has 106 valence electrons. The molecule has 0 spiro atoms. The first kappa shape index (κ1) is 13.5. The van der Waals surface area contributed by atoms with Gasteiger partial charge in [-0.1, -0.05) is 6.07 Å². The third-order valence-corrected chi connectivity index (χ3v) is 4.55. The molecule has 0 radical (unpaired) electrons. The fourth-order valence-electron chi connectivity index (χ4n) is 2.74. The number of fused-ring (bicyclic) bond motifs is 1. The molecule has 1 saturated carbocycles. The fourth-order valence-corrected chi connectivity index (χ4v) is 3.26. The molecule has 20 heavy (non-hydrogen) atoms. The van der Waals surface area contributed by atoms with Crippen molar-refractivity contribution in [3.63, 3.8) is 0 Å². The summed E-state index contributed by atoms with van der Waals surface area (Å²) in [5.41, 5.74) is 3.09. The highest BCUT2D eigenvalue weighted by Gasteiger charge is 2.25. The van der Waals surface area contributed by atoms with Gasteiger partial charge in [-0.15, -0.1) is 0 Å². The maximum absolute atomic E-state index is 10.9. The lowest BCUT2D eigenvalue weighted by Crippen LogP contribution is -2.34. The summed E-state index contributed by atoms with van der Waals surface area (Å²) in [6, 6.07) is 6.56. The third kappa shape index (κ3) is 2.96. The molecule has 0 saturated heterocycles. The highest BCUT2D eigenvalue weighted by molar-refractivity contribution is 7.00. The molecule has 6 heteroatoms. The van der Waals surface area contributed by atoms with E-state index in [2.05, 4.69) is 26.2 Å². The van der Waals surface area contributed by atoms with E-state index in [9.17, 15) is 4.79 Å². The van der Waals surface area contributed by atoms with Crippen LogP contribution in [0.25, 0.3) is 11.0 Å². The lowest BCUT2D eigenvalue weighted by Gasteiger charge is -2.27. The van der Waals surface area contributed by atoms with Crippen molar-refractivity contribution in [3.05, 3.63) is 23.8 Å². The molecule has 0 aliphatic heterocycles. The molecule has 1 aromatic heterocycles. The van der Waals surface area contributed by atoms with Crippen molar-refractivity contribution >= 4 is 28.7 Å². The number of carboxylic acids is 1. The van der Waals surface area contributed by atoms with Crippen LogP contribution >= 0.6 is 11.7 Å². The number of benzene rings is 1. The molecule has 0 bridgehead atoms. The van der Waals surface area contributed by atoms with Crippen molar-refractivity contribution in [2.45, 2.75) is 38.3 Å². The van der Waals surface area contributed by atoms with Crippen LogP contribution in [0.1, 0.15) is 31.2 Å². The van der Waals surface area contributed by atoms with Gasteiger partial charge in [0.1, 0.15) is 11.0 Å². The highest BCUT2D eigenvalue weighted by atomic mass is 32.1. The van der Waals surface area contributed by atoms with Crippen molar-refractivity contribution in [2.24, 2.45) is 5.92 Å². The Bertz CT molecular complexity index is 605. The molecule has 1 aromatic carbocycles. The number of nitrogens with one attached hydrogen (secondary N) is 1. The molecule has 0 atom stereocenters. The average Bonchev–Trinajstić information content (AvgIpc) is 2.93. The largest absolute Gasteiger partial charge is 0.481 e. The van der Waals surface area contributed by atoms with Crippen LogP contribution < -0.4 is 5.32 Å². The zero-order chi connectivity index (χ0) is 13.9. The predicted octanol–water partition coefficient (Wildman–Crippen LogP) is 2.42. The van der Waals surface area contributed by atoms with Gasteiger partial charge in [-0.3, -0.25) is 4.79 Å². The number of aromatic nitrogens is 2. The van der Waals surface area contributed by atoms with Crippen LogP contribution in [-0.2, 0) is 11.3 Å². The van der Waals surface area contributed by atoms with Crippen LogP contribution in [0.3, 0.4) is 0 Å². The molecule has 1 fully saturated rings. The topological polar surface area (TPSA) is 75.1 Å². The van der Waals surface area contributed by atoms with Crippen LogP contribution in [0, 0.1) is 5.92 Å². The number of hydrogen-bond donors (Lipinski definition) is 2. The monoisotopic (exact) mass is 291 g/mol. The van der Waals surface area contributed by atoms with E-state index in [-0.39, 0.29) is 5.92 Å². The van der Waals surface area contributed by atoms with Crippen molar-refractivity contribution in [3.8, 4) is 0 Å². The van der Waals surface area contributed by atoms with Gasteiger partial charge in [0.25, 0.3) is 0 Å². The highest BCUT2D eigenvalue weighted by Crippen LogP contribution is 2.24. The normalized spacial score (nSPS) is 23.0. The van der Waals surface area contributed by atoms with Crippen LogP contribution in [0.2, 0.25) is 0 Å². The SMILES string of the molecule is O=C(O)C1CCC(NCc2ccc3nsnc3c2)CC1. The zero-order valence-corrected chi connectivity index (χ0v) is 11.9. The molecule has 1 aliphatic carbocycles. The van der Waals surface area contributed by atoms with Gasteiger partial charge >= 0.3 is 5.97 Å². The first-order valence-electron chi connectivity index (χ1n) is 6.90. The second-order valence-corrected chi connectivity index (χ2v) is 5.88. The molecule has 2 aromatic rings. The van der Waals surface area contributed by atoms with Crippen LogP contribution in [0.5, 0.6) is 0 Å². The number of aliphatic carboxylic acids is 1. The van der Waals surface area contributed by atoms with Gasteiger partial charge in [0.2, 0.25) is 0 Å². The minimum absolute atomic E-state index is 0.148. The van der Waals surface area contributed by atoms with Crippen molar-refractivity contribution in [2.75, 3.05) is 0 Å². The van der Waals surface area contributed by atoms with Gasteiger partial charge < -0.3 is 10.4 Å². The number of carbonyl (C=O) groups is 1. The van der Waals surface area contributed by atoms with Crippen LogP contribution in [0.15, 0.2) is 18.2 Å². The number of carboxylic acid groups (broad SMARTS) is 1. The van der Waals surface area contributed by atoms with Crippen molar-refractivity contribution in [1.29, 1.82) is 0 Å². The Kier molecular flexibility index (Phi) is 3.93. The Morgan fingerprint density at radius 3 is 2.75 bits per heavy atom. The van der Waals surface area contributed by atoms with Crippen molar-refractivity contribution < 1.29 is 9.90 Å². The summed E-state index contributed by atoms with van der Waals surface area (Å²) in [4.78, 5) is 10.9. The van der Waals surface area contributed by atoms with E-state index in [4.69, 9.17) is 5.11 Å². The molecular weight excluding hydrogens is 274 g/mol. The van der Waals surface area contributed by atoms with Crippen LogP contribution in [-0.4, -0.2) is 25.9 Å². The van der Waals surface area contributed by atoms with E-state index in [0.29, 0.717) is 6.04 Å². The predicted molar refractivity (Wildman–Crippen MR) is 77.6 cm³/mol. The number of rotatable bonds is 4. The lowest BCUT2D eigenvalue weighted by molar-refractivity contribution is -0.142. The molecular formula is C14H17N3O2S. The van der Waals surface area contributed by atoms with Gasteiger partial charge in [0.15, 0.2) is 0 Å². The van der Waals surface area contributed by atoms with Crippen LogP contribution in [0.4, 0.5) is 0 Å². The molecule has 2 N–H and O–H groups in total.